The molecule has 0 aromatic carbocycles. The van der Waals surface area contributed by atoms with Crippen molar-refractivity contribution in [3.8, 4) is 0 Å². The predicted molar refractivity (Wildman–Crippen MR) is 50.5 cm³/mol. The molecule has 14 heavy (non-hydrogen) atoms. The van der Waals surface area contributed by atoms with Crippen molar-refractivity contribution in [3.63, 3.8) is 0 Å². The number of hydrogen-bond donors (Lipinski definition) is 2. The highest BCUT2D eigenvalue weighted by Gasteiger charge is 2.30. The Morgan fingerprint density at radius 2 is 2.29 bits per heavy atom. The highest BCUT2D eigenvalue weighted by atomic mass is 16.3. The summed E-state index contributed by atoms with van der Waals surface area (Å²) in [6.07, 6.45) is 1.61. The molecule has 0 bridgehead atoms. The molecule has 0 radical (unpaired) electrons. The van der Waals surface area contributed by atoms with Crippen molar-refractivity contribution in [2.75, 3.05) is 20.2 Å². The van der Waals surface area contributed by atoms with Crippen LogP contribution in [0.3, 0.4) is 0 Å². The fraction of sp³-hybridized carbons (Fsp3) is 0.778. The number of piperidine rings is 1. The molecule has 80 valence electrons. The zero-order valence-corrected chi connectivity index (χ0v) is 8.32. The van der Waals surface area contributed by atoms with Crippen LogP contribution in [0.5, 0.6) is 0 Å². The van der Waals surface area contributed by atoms with Crippen molar-refractivity contribution >= 4 is 11.8 Å². The standard InChI is InChI=1S/C9H16N2O3/c1-11-8(13)4-3-7(9(11)14)10-5-2-6-12/h7,10,12H,2-6H2,1H3. The summed E-state index contributed by atoms with van der Waals surface area (Å²) in [4.78, 5) is 23.8. The maximum Gasteiger partial charge on any atom is 0.246 e. The Kier molecular flexibility index (Phi) is 4.03. The van der Waals surface area contributed by atoms with Crippen molar-refractivity contribution in [2.45, 2.75) is 25.3 Å². The van der Waals surface area contributed by atoms with Gasteiger partial charge in [-0.2, -0.15) is 0 Å². The molecule has 2 N–H and O–H groups in total. The summed E-state index contributed by atoms with van der Waals surface area (Å²) in [5.41, 5.74) is 0. The van der Waals surface area contributed by atoms with E-state index in [0.717, 1.165) is 0 Å². The van der Waals surface area contributed by atoms with Crippen LogP contribution in [-0.2, 0) is 9.59 Å². The van der Waals surface area contributed by atoms with Gasteiger partial charge in [-0.05, 0) is 19.4 Å². The van der Waals surface area contributed by atoms with Crippen LogP contribution in [0.25, 0.3) is 0 Å². The van der Waals surface area contributed by atoms with Crippen LogP contribution in [0, 0.1) is 0 Å². The summed E-state index contributed by atoms with van der Waals surface area (Å²) in [5, 5.41) is 11.6. The first-order valence-corrected chi connectivity index (χ1v) is 4.81. The molecule has 1 fully saturated rings. The minimum absolute atomic E-state index is 0.114. The Morgan fingerprint density at radius 3 is 2.93 bits per heavy atom. The number of hydrogen-bond acceptors (Lipinski definition) is 4. The van der Waals surface area contributed by atoms with E-state index in [4.69, 9.17) is 5.11 Å². The van der Waals surface area contributed by atoms with E-state index < -0.39 is 0 Å². The number of likely N-dealkylation sites (N-methyl/N-ethyl adjacent to an activating group) is 1. The molecule has 0 aliphatic carbocycles. The van der Waals surface area contributed by atoms with E-state index in [9.17, 15) is 9.59 Å². The maximum absolute atomic E-state index is 11.5. The van der Waals surface area contributed by atoms with Crippen LogP contribution >= 0.6 is 0 Å². The summed E-state index contributed by atoms with van der Waals surface area (Å²) < 4.78 is 0. The van der Waals surface area contributed by atoms with Gasteiger partial charge in [0, 0.05) is 20.1 Å². The van der Waals surface area contributed by atoms with Gasteiger partial charge in [-0.1, -0.05) is 0 Å². The van der Waals surface area contributed by atoms with E-state index in [-0.39, 0.29) is 24.5 Å². The van der Waals surface area contributed by atoms with E-state index >= 15 is 0 Å². The summed E-state index contributed by atoms with van der Waals surface area (Å²) in [6, 6.07) is -0.260. The molecule has 1 aliphatic rings. The lowest BCUT2D eigenvalue weighted by molar-refractivity contribution is -0.148. The third-order valence-corrected chi connectivity index (χ3v) is 2.38. The van der Waals surface area contributed by atoms with Gasteiger partial charge in [0.05, 0.1) is 6.04 Å². The Hall–Kier alpha value is -0.940. The molecule has 1 atom stereocenters. The average molecular weight is 200 g/mol. The third-order valence-electron chi connectivity index (χ3n) is 2.38. The van der Waals surface area contributed by atoms with Crippen LogP contribution in [0.15, 0.2) is 0 Å². The smallest absolute Gasteiger partial charge is 0.246 e. The summed E-state index contributed by atoms with van der Waals surface area (Å²) in [5.74, 6) is -0.283. The Balaban J connectivity index is 2.39. The molecule has 0 spiro atoms. The van der Waals surface area contributed by atoms with E-state index in [1.54, 1.807) is 0 Å². The molecule has 1 rings (SSSR count). The van der Waals surface area contributed by atoms with Crippen molar-refractivity contribution in [1.29, 1.82) is 0 Å². The molecule has 0 saturated carbocycles. The number of nitrogens with zero attached hydrogens (tertiary/aromatic N) is 1. The highest BCUT2D eigenvalue weighted by Crippen LogP contribution is 2.10. The number of imide groups is 1. The first kappa shape index (κ1) is 11.1. The van der Waals surface area contributed by atoms with Gasteiger partial charge < -0.3 is 10.4 Å². The number of amides is 2. The van der Waals surface area contributed by atoms with Crippen molar-refractivity contribution in [2.24, 2.45) is 0 Å². The van der Waals surface area contributed by atoms with Crippen LogP contribution in [0.1, 0.15) is 19.3 Å². The maximum atomic E-state index is 11.5. The van der Waals surface area contributed by atoms with E-state index in [1.807, 2.05) is 0 Å². The van der Waals surface area contributed by atoms with Gasteiger partial charge in [-0.3, -0.25) is 14.5 Å². The number of rotatable bonds is 4. The first-order valence-electron chi connectivity index (χ1n) is 4.81. The number of aliphatic hydroxyl groups excluding tert-OH is 1. The monoisotopic (exact) mass is 200 g/mol. The van der Waals surface area contributed by atoms with Crippen LogP contribution in [0.4, 0.5) is 0 Å². The fourth-order valence-electron chi connectivity index (χ4n) is 1.46. The molecule has 1 heterocycles. The number of carbonyl (C=O) groups is 2. The first-order chi connectivity index (χ1) is 6.66. The van der Waals surface area contributed by atoms with Gasteiger partial charge in [0.15, 0.2) is 0 Å². The third kappa shape index (κ3) is 2.52. The molecular weight excluding hydrogens is 184 g/mol. The Labute approximate surface area is 83.1 Å². The SMILES string of the molecule is CN1C(=O)CCC(NCCCO)C1=O. The molecule has 1 aliphatic heterocycles. The molecule has 5 heteroatoms. The molecule has 5 nitrogen and oxygen atoms in total. The lowest BCUT2D eigenvalue weighted by Gasteiger charge is -2.28. The average Bonchev–Trinajstić information content (AvgIpc) is 2.18. The minimum atomic E-state index is -0.260. The molecule has 0 aromatic rings. The van der Waals surface area contributed by atoms with Crippen LogP contribution in [-0.4, -0.2) is 48.1 Å². The number of likely N-dealkylation sites (tertiary alicyclic amines) is 1. The lowest BCUT2D eigenvalue weighted by atomic mass is 10.0. The molecule has 2 amide bonds. The second-order valence-corrected chi connectivity index (χ2v) is 3.41. The van der Waals surface area contributed by atoms with Crippen LogP contribution < -0.4 is 5.32 Å². The van der Waals surface area contributed by atoms with Gasteiger partial charge in [-0.25, -0.2) is 0 Å². The summed E-state index contributed by atoms with van der Waals surface area (Å²) in [7, 11) is 1.50. The van der Waals surface area contributed by atoms with E-state index in [0.29, 0.717) is 25.8 Å². The predicted octanol–water partition coefficient (Wildman–Crippen LogP) is -0.894. The van der Waals surface area contributed by atoms with E-state index in [1.165, 1.54) is 11.9 Å². The second-order valence-electron chi connectivity index (χ2n) is 3.41. The quantitative estimate of drug-likeness (QED) is 0.456. The fourth-order valence-corrected chi connectivity index (χ4v) is 1.46. The highest BCUT2D eigenvalue weighted by molar-refractivity contribution is 6.00. The zero-order chi connectivity index (χ0) is 10.6. The van der Waals surface area contributed by atoms with Gasteiger partial charge in [0.25, 0.3) is 0 Å². The molecule has 0 aromatic heterocycles. The summed E-state index contributed by atoms with van der Waals surface area (Å²) >= 11 is 0. The normalized spacial score (nSPS) is 23.0. The Morgan fingerprint density at radius 1 is 1.57 bits per heavy atom. The number of carbonyl (C=O) groups excluding carboxylic acids is 2. The number of aliphatic hydroxyl groups is 1. The lowest BCUT2D eigenvalue weighted by Crippen LogP contribution is -2.51. The second kappa shape index (κ2) is 5.07. The largest absolute Gasteiger partial charge is 0.396 e. The van der Waals surface area contributed by atoms with E-state index in [2.05, 4.69) is 5.32 Å². The Bertz CT molecular complexity index is 230. The minimum Gasteiger partial charge on any atom is -0.396 e. The zero-order valence-electron chi connectivity index (χ0n) is 8.32. The molecule has 1 saturated heterocycles. The van der Waals surface area contributed by atoms with Crippen molar-refractivity contribution in [1.82, 2.24) is 10.2 Å². The topological polar surface area (TPSA) is 69.6 Å². The number of nitrogens with one attached hydrogen (secondary N) is 1. The van der Waals surface area contributed by atoms with Gasteiger partial charge in [0.2, 0.25) is 11.8 Å². The van der Waals surface area contributed by atoms with Crippen LogP contribution in [0.2, 0.25) is 0 Å². The van der Waals surface area contributed by atoms with Crippen molar-refractivity contribution in [3.05, 3.63) is 0 Å². The van der Waals surface area contributed by atoms with Gasteiger partial charge in [-0.15, -0.1) is 0 Å². The summed E-state index contributed by atoms with van der Waals surface area (Å²) in [6.45, 7) is 0.720. The van der Waals surface area contributed by atoms with Gasteiger partial charge >= 0.3 is 0 Å². The molecule has 1 unspecified atom stereocenters. The van der Waals surface area contributed by atoms with Gasteiger partial charge in [0.1, 0.15) is 0 Å². The molecular formula is C9H16N2O3. The van der Waals surface area contributed by atoms with Crippen molar-refractivity contribution < 1.29 is 14.7 Å².